The van der Waals surface area contributed by atoms with Crippen LogP contribution < -0.4 is 11.2 Å². The summed E-state index contributed by atoms with van der Waals surface area (Å²) in [5, 5.41) is 0. The molecule has 0 saturated carbocycles. The molecule has 0 N–H and O–H groups in total. The van der Waals surface area contributed by atoms with Gasteiger partial charge in [-0.05, 0) is 20.8 Å². The summed E-state index contributed by atoms with van der Waals surface area (Å²) in [7, 11) is 2.91. The van der Waals surface area contributed by atoms with Gasteiger partial charge in [0.05, 0.1) is 6.33 Å². The Morgan fingerprint density at radius 2 is 1.86 bits per heavy atom. The minimum atomic E-state index is -0.606. The van der Waals surface area contributed by atoms with E-state index in [-0.39, 0.29) is 17.7 Å². The minimum Gasteiger partial charge on any atom is -0.459 e. The monoisotopic (exact) mass is 294 g/mol. The van der Waals surface area contributed by atoms with Gasteiger partial charge in [0.2, 0.25) is 0 Å². The average molecular weight is 294 g/mol. The van der Waals surface area contributed by atoms with E-state index in [0.717, 1.165) is 4.57 Å². The number of imidazole rings is 1. The van der Waals surface area contributed by atoms with Crippen molar-refractivity contribution in [3.8, 4) is 0 Å². The number of carbonyl (C=O) groups excluding carboxylic acids is 1. The van der Waals surface area contributed by atoms with Crippen LogP contribution in [0.2, 0.25) is 0 Å². The zero-order valence-corrected chi connectivity index (χ0v) is 12.7. The van der Waals surface area contributed by atoms with Crippen LogP contribution in [-0.4, -0.2) is 30.3 Å². The van der Waals surface area contributed by atoms with E-state index in [1.165, 1.54) is 29.6 Å². The third kappa shape index (κ3) is 2.74. The summed E-state index contributed by atoms with van der Waals surface area (Å²) < 4.78 is 8.86. The van der Waals surface area contributed by atoms with Crippen LogP contribution in [0.3, 0.4) is 0 Å². The maximum atomic E-state index is 12.2. The van der Waals surface area contributed by atoms with Gasteiger partial charge in [-0.2, -0.15) is 0 Å². The highest BCUT2D eigenvalue weighted by atomic mass is 16.6. The number of aryl methyl sites for hydroxylation is 1. The van der Waals surface area contributed by atoms with Gasteiger partial charge in [-0.15, -0.1) is 0 Å². The van der Waals surface area contributed by atoms with E-state index in [1.54, 1.807) is 20.8 Å². The second-order valence-corrected chi connectivity index (χ2v) is 5.84. The van der Waals surface area contributed by atoms with Gasteiger partial charge in [0, 0.05) is 14.1 Å². The number of aromatic nitrogens is 4. The summed E-state index contributed by atoms with van der Waals surface area (Å²) in [5.74, 6) is -0.474. The van der Waals surface area contributed by atoms with Crippen molar-refractivity contribution in [1.82, 2.24) is 18.7 Å². The van der Waals surface area contributed by atoms with Crippen LogP contribution in [0.4, 0.5) is 0 Å². The number of carbonyl (C=O) groups is 1. The molecule has 0 bridgehead atoms. The topological polar surface area (TPSA) is 88.1 Å². The van der Waals surface area contributed by atoms with Crippen molar-refractivity contribution in [2.75, 3.05) is 0 Å². The number of nitrogens with zero attached hydrogens (tertiary/aromatic N) is 4. The van der Waals surface area contributed by atoms with E-state index in [9.17, 15) is 14.4 Å². The lowest BCUT2D eigenvalue weighted by atomic mass is 10.2. The molecular weight excluding hydrogens is 276 g/mol. The molecule has 8 heteroatoms. The molecule has 0 aliphatic carbocycles. The van der Waals surface area contributed by atoms with Gasteiger partial charge in [-0.1, -0.05) is 0 Å². The van der Waals surface area contributed by atoms with Gasteiger partial charge in [0.25, 0.3) is 5.56 Å². The highest BCUT2D eigenvalue weighted by Crippen LogP contribution is 2.10. The quantitative estimate of drug-likeness (QED) is 0.714. The molecule has 21 heavy (non-hydrogen) atoms. The number of esters is 1. The lowest BCUT2D eigenvalue weighted by Crippen LogP contribution is -2.38. The Bertz CT molecular complexity index is 820. The Balaban J connectivity index is 2.51. The van der Waals surface area contributed by atoms with Crippen molar-refractivity contribution in [3.63, 3.8) is 0 Å². The molecule has 0 unspecified atom stereocenters. The zero-order valence-electron chi connectivity index (χ0n) is 12.7. The first-order valence-corrected chi connectivity index (χ1v) is 6.44. The number of ether oxygens (including phenoxy) is 1. The summed E-state index contributed by atoms with van der Waals surface area (Å²) in [6, 6.07) is 0. The lowest BCUT2D eigenvalue weighted by Gasteiger charge is -2.19. The second-order valence-electron chi connectivity index (χ2n) is 5.84. The summed E-state index contributed by atoms with van der Waals surface area (Å²) in [6.45, 7) is 5.15. The molecular formula is C13H18N4O4. The molecule has 0 aliphatic heterocycles. The maximum absolute atomic E-state index is 12.2. The average Bonchev–Trinajstić information content (AvgIpc) is 2.75. The Labute approximate surface area is 120 Å². The molecule has 2 rings (SSSR count). The summed E-state index contributed by atoms with van der Waals surface area (Å²) in [5.41, 5.74) is -1.12. The van der Waals surface area contributed by atoms with Gasteiger partial charge in [0.1, 0.15) is 12.1 Å². The second kappa shape index (κ2) is 4.87. The zero-order chi connectivity index (χ0) is 15.9. The van der Waals surface area contributed by atoms with Gasteiger partial charge >= 0.3 is 11.7 Å². The molecule has 0 saturated heterocycles. The molecule has 0 fully saturated rings. The van der Waals surface area contributed by atoms with Crippen LogP contribution >= 0.6 is 0 Å². The van der Waals surface area contributed by atoms with Crippen molar-refractivity contribution in [2.45, 2.75) is 32.9 Å². The van der Waals surface area contributed by atoms with Crippen LogP contribution in [0.25, 0.3) is 11.2 Å². The fraction of sp³-hybridized carbons (Fsp3) is 0.538. The lowest BCUT2D eigenvalue weighted by molar-refractivity contribution is -0.155. The van der Waals surface area contributed by atoms with Crippen LogP contribution in [0.1, 0.15) is 20.8 Å². The Kier molecular flexibility index (Phi) is 3.48. The van der Waals surface area contributed by atoms with Gasteiger partial charge in [-0.25, -0.2) is 9.78 Å². The normalized spacial score (nSPS) is 11.9. The van der Waals surface area contributed by atoms with Crippen LogP contribution in [0.15, 0.2) is 15.9 Å². The van der Waals surface area contributed by atoms with Crippen molar-refractivity contribution in [1.29, 1.82) is 0 Å². The molecule has 0 aromatic carbocycles. The molecule has 8 nitrogen and oxygen atoms in total. The first-order valence-electron chi connectivity index (χ1n) is 6.44. The fourth-order valence-electron chi connectivity index (χ4n) is 2.03. The van der Waals surface area contributed by atoms with Crippen molar-refractivity contribution in [2.24, 2.45) is 14.1 Å². The van der Waals surface area contributed by atoms with Gasteiger partial charge < -0.3 is 9.30 Å². The van der Waals surface area contributed by atoms with E-state index in [1.807, 2.05) is 0 Å². The Morgan fingerprint density at radius 1 is 1.24 bits per heavy atom. The molecule has 0 aliphatic rings. The molecule has 0 radical (unpaired) electrons. The van der Waals surface area contributed by atoms with E-state index in [0.29, 0.717) is 0 Å². The first-order chi connectivity index (χ1) is 9.61. The molecule has 114 valence electrons. The van der Waals surface area contributed by atoms with E-state index < -0.39 is 22.8 Å². The van der Waals surface area contributed by atoms with Crippen molar-refractivity contribution < 1.29 is 9.53 Å². The third-order valence-electron chi connectivity index (χ3n) is 2.94. The highest BCUT2D eigenvalue weighted by molar-refractivity contribution is 5.75. The number of hydrogen-bond acceptors (Lipinski definition) is 5. The SMILES string of the molecule is Cn1c(=O)c2c(ncn2CC(=O)OC(C)(C)C)n(C)c1=O. The molecule has 2 aromatic rings. The molecule has 2 aromatic heterocycles. The van der Waals surface area contributed by atoms with Gasteiger partial charge in [-0.3, -0.25) is 18.7 Å². The largest absolute Gasteiger partial charge is 0.459 e. The number of hydrogen-bond donors (Lipinski definition) is 0. The Morgan fingerprint density at radius 3 is 2.43 bits per heavy atom. The number of rotatable bonds is 2. The smallest absolute Gasteiger partial charge is 0.332 e. The van der Waals surface area contributed by atoms with Crippen molar-refractivity contribution in [3.05, 3.63) is 27.2 Å². The highest BCUT2D eigenvalue weighted by Gasteiger charge is 2.19. The van der Waals surface area contributed by atoms with Gasteiger partial charge in [0.15, 0.2) is 11.2 Å². The summed E-state index contributed by atoms with van der Waals surface area (Å²) in [4.78, 5) is 39.9. The molecule has 0 spiro atoms. The van der Waals surface area contributed by atoms with Crippen molar-refractivity contribution >= 4 is 17.1 Å². The van der Waals surface area contributed by atoms with Crippen LogP contribution in [0, 0.1) is 0 Å². The fourth-order valence-corrected chi connectivity index (χ4v) is 2.03. The van der Waals surface area contributed by atoms with E-state index in [2.05, 4.69) is 4.98 Å². The minimum absolute atomic E-state index is 0.138. The van der Waals surface area contributed by atoms with Crippen LogP contribution in [0.5, 0.6) is 0 Å². The maximum Gasteiger partial charge on any atom is 0.332 e. The molecule has 0 amide bonds. The standard InChI is InChI=1S/C13H18N4O4/c1-13(2,3)21-8(18)6-17-7-14-10-9(17)11(19)16(5)12(20)15(10)4/h7H,6H2,1-5H3. The predicted octanol–water partition coefficient (Wildman–Crippen LogP) is -0.225. The predicted molar refractivity (Wildman–Crippen MR) is 76.1 cm³/mol. The molecule has 2 heterocycles. The summed E-state index contributed by atoms with van der Waals surface area (Å²) in [6.07, 6.45) is 1.36. The van der Waals surface area contributed by atoms with E-state index in [4.69, 9.17) is 4.74 Å². The summed E-state index contributed by atoms with van der Waals surface area (Å²) >= 11 is 0. The molecule has 0 atom stereocenters. The van der Waals surface area contributed by atoms with Crippen LogP contribution in [-0.2, 0) is 30.2 Å². The van der Waals surface area contributed by atoms with E-state index >= 15 is 0 Å². The number of fused-ring (bicyclic) bond motifs is 1. The Hall–Kier alpha value is -2.38. The first kappa shape index (κ1) is 15.0. The third-order valence-corrected chi connectivity index (χ3v) is 2.94.